The van der Waals surface area contributed by atoms with Crippen LogP contribution in [0.3, 0.4) is 0 Å². The molecule has 1 atom stereocenters. The van der Waals surface area contributed by atoms with Gasteiger partial charge in [-0.25, -0.2) is 4.39 Å². The molecule has 0 bridgehead atoms. The predicted molar refractivity (Wildman–Crippen MR) is 94.1 cm³/mol. The molecule has 2 aromatic rings. The quantitative estimate of drug-likeness (QED) is 0.514. The molecule has 0 aliphatic heterocycles. The van der Waals surface area contributed by atoms with Crippen LogP contribution >= 0.6 is 0 Å². The Morgan fingerprint density at radius 3 is 2.64 bits per heavy atom. The smallest absolute Gasteiger partial charge is 0.389 e. The first-order valence-corrected chi connectivity index (χ1v) is 8.05. The number of aliphatic hydroxyl groups is 1. The fourth-order valence-electron chi connectivity index (χ4n) is 2.47. The number of hydrogen-bond donors (Lipinski definition) is 3. The molecule has 0 fully saturated rings. The number of nitriles is 1. The number of hydrogen-bond acceptors (Lipinski definition) is 5. The molecule has 0 aliphatic carbocycles. The number of halogens is 4. The lowest BCUT2D eigenvalue weighted by Crippen LogP contribution is -2.21. The molecule has 0 amide bonds. The van der Waals surface area contributed by atoms with Crippen LogP contribution in [0.5, 0.6) is 0 Å². The van der Waals surface area contributed by atoms with E-state index in [9.17, 15) is 22.7 Å². The molecule has 3 N–H and O–H groups in total. The maximum atomic E-state index is 13.5. The van der Waals surface area contributed by atoms with Crippen molar-refractivity contribution in [3.05, 3.63) is 58.8 Å². The Balaban J connectivity index is 2.45. The molecule has 148 valence electrons. The second-order valence-corrected chi connectivity index (χ2v) is 6.05. The standard InChI is InChI=1S/C18H17F4N5O/c1-10(28)15-5-11(19)3-4-16(15)25-12(8-17(24)18(20,21)22)6-14-7-13(9-23)26-27(14)2/h3-5,7-8,10,24-25,28H,6H2,1-2H3/b12-8-,24-17?/t10-/m1/s1. The van der Waals surface area contributed by atoms with Gasteiger partial charge in [-0.3, -0.25) is 10.1 Å². The fourth-order valence-corrected chi connectivity index (χ4v) is 2.47. The lowest BCUT2D eigenvalue weighted by molar-refractivity contribution is -0.0584. The highest BCUT2D eigenvalue weighted by Gasteiger charge is 2.33. The van der Waals surface area contributed by atoms with Gasteiger partial charge in [0.2, 0.25) is 0 Å². The number of alkyl halides is 3. The van der Waals surface area contributed by atoms with E-state index in [1.54, 1.807) is 0 Å². The topological polar surface area (TPSA) is 97.7 Å². The molecule has 0 spiro atoms. The molecule has 10 heteroatoms. The molecule has 0 aliphatic rings. The van der Waals surface area contributed by atoms with Gasteiger partial charge in [0.1, 0.15) is 17.6 Å². The summed E-state index contributed by atoms with van der Waals surface area (Å²) in [5.41, 5.74) is -0.769. The lowest BCUT2D eigenvalue weighted by Gasteiger charge is -2.17. The lowest BCUT2D eigenvalue weighted by atomic mass is 10.1. The predicted octanol–water partition coefficient (Wildman–Crippen LogP) is 3.60. The minimum Gasteiger partial charge on any atom is -0.389 e. The van der Waals surface area contributed by atoms with Crippen molar-refractivity contribution in [1.29, 1.82) is 10.7 Å². The number of allylic oxidation sites excluding steroid dienone is 2. The van der Waals surface area contributed by atoms with E-state index in [1.807, 2.05) is 6.07 Å². The molecule has 28 heavy (non-hydrogen) atoms. The number of nitrogens with zero attached hydrogens (tertiary/aromatic N) is 3. The Kier molecular flexibility index (Phi) is 6.20. The zero-order valence-corrected chi connectivity index (χ0v) is 15.0. The van der Waals surface area contributed by atoms with Crippen molar-refractivity contribution in [2.75, 3.05) is 5.32 Å². The highest BCUT2D eigenvalue weighted by Crippen LogP contribution is 2.27. The summed E-state index contributed by atoms with van der Waals surface area (Å²) in [4.78, 5) is 0. The van der Waals surface area contributed by atoms with Crippen LogP contribution in [-0.2, 0) is 13.5 Å². The summed E-state index contributed by atoms with van der Waals surface area (Å²) in [6.07, 6.45) is -5.44. The van der Waals surface area contributed by atoms with Gasteiger partial charge in [0.15, 0.2) is 5.69 Å². The van der Waals surface area contributed by atoms with Gasteiger partial charge in [0, 0.05) is 36.1 Å². The number of benzene rings is 1. The van der Waals surface area contributed by atoms with Crippen molar-refractivity contribution in [3.8, 4) is 6.07 Å². The van der Waals surface area contributed by atoms with E-state index in [4.69, 9.17) is 10.7 Å². The molecule has 1 aromatic carbocycles. The van der Waals surface area contributed by atoms with Crippen LogP contribution in [0.4, 0.5) is 23.2 Å². The maximum absolute atomic E-state index is 13.5. The van der Waals surface area contributed by atoms with E-state index in [0.717, 1.165) is 12.1 Å². The van der Waals surface area contributed by atoms with Crippen molar-refractivity contribution in [1.82, 2.24) is 9.78 Å². The largest absolute Gasteiger partial charge is 0.432 e. The third-order valence-corrected chi connectivity index (χ3v) is 3.85. The third-order valence-electron chi connectivity index (χ3n) is 3.85. The highest BCUT2D eigenvalue weighted by atomic mass is 19.4. The highest BCUT2D eigenvalue weighted by molar-refractivity contribution is 5.97. The van der Waals surface area contributed by atoms with Crippen LogP contribution in [0.15, 0.2) is 36.0 Å². The Hall–Kier alpha value is -3.19. The fraction of sp³-hybridized carbons (Fsp3) is 0.278. The van der Waals surface area contributed by atoms with Crippen LogP contribution in [0.2, 0.25) is 0 Å². The normalized spacial score (nSPS) is 13.1. The van der Waals surface area contributed by atoms with Crippen LogP contribution in [0, 0.1) is 22.6 Å². The van der Waals surface area contributed by atoms with Crippen LogP contribution < -0.4 is 5.32 Å². The summed E-state index contributed by atoms with van der Waals surface area (Å²) < 4.78 is 53.3. The molecular formula is C18H17F4N5O. The second kappa shape index (κ2) is 8.22. The monoisotopic (exact) mass is 395 g/mol. The summed E-state index contributed by atoms with van der Waals surface area (Å²) >= 11 is 0. The SMILES string of the molecule is C[C@@H](O)c1cc(F)ccc1N/C(=C\C(=N)C(F)(F)F)Cc1cc(C#N)nn1C. The van der Waals surface area contributed by atoms with Crippen molar-refractivity contribution in [2.45, 2.75) is 25.6 Å². The van der Waals surface area contributed by atoms with Gasteiger partial charge in [0.25, 0.3) is 0 Å². The van der Waals surface area contributed by atoms with E-state index in [2.05, 4.69) is 10.4 Å². The zero-order chi connectivity index (χ0) is 21.1. The first-order chi connectivity index (χ1) is 13.0. The molecule has 0 saturated heterocycles. The Labute approximate surface area is 158 Å². The molecule has 2 rings (SSSR count). The van der Waals surface area contributed by atoms with Gasteiger partial charge >= 0.3 is 6.18 Å². The number of aryl methyl sites for hydroxylation is 1. The van der Waals surface area contributed by atoms with Crippen molar-refractivity contribution >= 4 is 11.4 Å². The Morgan fingerprint density at radius 1 is 1.43 bits per heavy atom. The van der Waals surface area contributed by atoms with Gasteiger partial charge in [-0.1, -0.05) is 0 Å². The average Bonchev–Trinajstić information content (AvgIpc) is 2.95. The number of aliphatic hydroxyl groups excluding tert-OH is 1. The second-order valence-electron chi connectivity index (χ2n) is 6.05. The number of anilines is 1. The van der Waals surface area contributed by atoms with Gasteiger partial charge in [-0.2, -0.15) is 23.5 Å². The number of nitrogens with one attached hydrogen (secondary N) is 2. The van der Waals surface area contributed by atoms with Crippen LogP contribution in [0.1, 0.15) is 30.0 Å². The zero-order valence-electron chi connectivity index (χ0n) is 15.0. The molecule has 0 unspecified atom stereocenters. The third kappa shape index (κ3) is 5.17. The molecule has 1 heterocycles. The summed E-state index contributed by atoms with van der Waals surface area (Å²) in [7, 11) is 1.53. The minimum atomic E-state index is -4.85. The molecule has 0 radical (unpaired) electrons. The van der Waals surface area contributed by atoms with E-state index in [-0.39, 0.29) is 29.1 Å². The van der Waals surface area contributed by atoms with Crippen LogP contribution in [-0.4, -0.2) is 26.8 Å². The number of rotatable bonds is 6. The molecular weight excluding hydrogens is 378 g/mol. The van der Waals surface area contributed by atoms with Gasteiger partial charge < -0.3 is 10.4 Å². The summed E-state index contributed by atoms with van der Waals surface area (Å²) in [6.45, 7) is 1.39. The van der Waals surface area contributed by atoms with Crippen molar-refractivity contribution in [3.63, 3.8) is 0 Å². The Morgan fingerprint density at radius 2 is 2.11 bits per heavy atom. The van der Waals surface area contributed by atoms with E-state index < -0.39 is 23.8 Å². The molecule has 6 nitrogen and oxygen atoms in total. The van der Waals surface area contributed by atoms with Gasteiger partial charge in [-0.05, 0) is 37.3 Å². The molecule has 1 aromatic heterocycles. The van der Waals surface area contributed by atoms with E-state index in [0.29, 0.717) is 11.8 Å². The Bertz CT molecular complexity index is 954. The summed E-state index contributed by atoms with van der Waals surface area (Å²) in [6, 6.07) is 6.69. The van der Waals surface area contributed by atoms with Crippen LogP contribution in [0.25, 0.3) is 0 Å². The van der Waals surface area contributed by atoms with Crippen molar-refractivity contribution in [2.24, 2.45) is 7.05 Å². The van der Waals surface area contributed by atoms with E-state index in [1.165, 1.54) is 30.8 Å². The first kappa shape index (κ1) is 21.1. The summed E-state index contributed by atoms with van der Waals surface area (Å²) in [5.74, 6) is -0.611. The van der Waals surface area contributed by atoms with E-state index >= 15 is 0 Å². The van der Waals surface area contributed by atoms with Gasteiger partial charge in [-0.15, -0.1) is 0 Å². The summed E-state index contributed by atoms with van der Waals surface area (Å²) in [5, 5.41) is 32.6. The van der Waals surface area contributed by atoms with Crippen molar-refractivity contribution < 1.29 is 22.7 Å². The maximum Gasteiger partial charge on any atom is 0.432 e. The average molecular weight is 395 g/mol. The number of aromatic nitrogens is 2. The van der Waals surface area contributed by atoms with Gasteiger partial charge in [0.05, 0.1) is 6.10 Å². The molecule has 0 saturated carbocycles. The first-order valence-electron chi connectivity index (χ1n) is 8.05. The minimum absolute atomic E-state index is 0.0386.